The maximum absolute atomic E-state index is 13.0. The Kier molecular flexibility index (Phi) is 5.90. The Hall–Kier alpha value is -1.57. The van der Waals surface area contributed by atoms with E-state index in [2.05, 4.69) is 18.9 Å². The summed E-state index contributed by atoms with van der Waals surface area (Å²) in [5, 5.41) is 12.4. The normalized spacial score (nSPS) is 22.0. The van der Waals surface area contributed by atoms with Gasteiger partial charge in [-0.05, 0) is 31.1 Å². The van der Waals surface area contributed by atoms with E-state index in [-0.39, 0.29) is 37.5 Å². The van der Waals surface area contributed by atoms with Crippen LogP contribution in [0.5, 0.6) is 0 Å². The van der Waals surface area contributed by atoms with Gasteiger partial charge in [0.05, 0.1) is 0 Å². The lowest BCUT2D eigenvalue weighted by molar-refractivity contribution is -0.143. The summed E-state index contributed by atoms with van der Waals surface area (Å²) in [6, 6.07) is 0. The van der Waals surface area contributed by atoms with Crippen molar-refractivity contribution < 1.29 is 23.1 Å². The van der Waals surface area contributed by atoms with Crippen molar-refractivity contribution in [3.05, 3.63) is 17.5 Å². The Morgan fingerprint density at radius 1 is 1.33 bits per heavy atom. The van der Waals surface area contributed by atoms with E-state index in [0.717, 1.165) is 11.1 Å². The van der Waals surface area contributed by atoms with Crippen LogP contribution in [-0.4, -0.2) is 45.4 Å². The van der Waals surface area contributed by atoms with E-state index in [9.17, 15) is 18.0 Å². The zero-order chi connectivity index (χ0) is 17.9. The van der Waals surface area contributed by atoms with E-state index in [0.29, 0.717) is 24.9 Å². The molecular formula is C16H24F3N3O2. The molecule has 0 saturated carbocycles. The molecule has 8 heteroatoms. The summed E-state index contributed by atoms with van der Waals surface area (Å²) in [7, 11) is 0. The molecule has 2 heterocycles. The minimum atomic E-state index is -4.56. The van der Waals surface area contributed by atoms with Crippen LogP contribution in [0.1, 0.15) is 37.9 Å². The predicted molar refractivity (Wildman–Crippen MR) is 82.2 cm³/mol. The molecule has 24 heavy (non-hydrogen) atoms. The van der Waals surface area contributed by atoms with Crippen molar-refractivity contribution in [2.24, 2.45) is 11.8 Å². The first-order valence-electron chi connectivity index (χ1n) is 8.22. The van der Waals surface area contributed by atoms with Crippen molar-refractivity contribution in [2.75, 3.05) is 19.7 Å². The molecule has 1 saturated heterocycles. The molecule has 0 radical (unpaired) electrons. The number of aromatic nitrogens is 2. The molecule has 0 aromatic carbocycles. The second-order valence-electron chi connectivity index (χ2n) is 6.77. The van der Waals surface area contributed by atoms with Crippen LogP contribution in [0.25, 0.3) is 0 Å². The third kappa shape index (κ3) is 4.72. The summed E-state index contributed by atoms with van der Waals surface area (Å²) >= 11 is 0. The summed E-state index contributed by atoms with van der Waals surface area (Å²) in [6.07, 6.45) is -1.93. The number of nitrogens with zero attached hydrogens (tertiary/aromatic N) is 3. The van der Waals surface area contributed by atoms with Gasteiger partial charge < -0.3 is 10.0 Å². The Balaban J connectivity index is 2.11. The highest BCUT2D eigenvalue weighted by Gasteiger charge is 2.37. The minimum absolute atomic E-state index is 0.0183. The van der Waals surface area contributed by atoms with Gasteiger partial charge in [-0.2, -0.15) is 18.3 Å². The fourth-order valence-electron chi connectivity index (χ4n) is 3.34. The number of aliphatic hydroxyl groups excluding tert-OH is 1. The number of hydrogen-bond donors (Lipinski definition) is 1. The second-order valence-corrected chi connectivity index (χ2v) is 6.77. The highest BCUT2D eigenvalue weighted by molar-refractivity contribution is 5.76. The smallest absolute Gasteiger partial charge is 0.396 e. The van der Waals surface area contributed by atoms with Crippen molar-refractivity contribution in [1.29, 1.82) is 0 Å². The molecule has 1 fully saturated rings. The largest absolute Gasteiger partial charge is 0.435 e. The number of piperidine rings is 1. The summed E-state index contributed by atoms with van der Waals surface area (Å²) in [5.41, 5.74) is -0.950. The number of halogens is 3. The number of carbonyl (C=O) groups excluding carboxylic acids is 1. The number of aryl methyl sites for hydroxylation is 1. The fourth-order valence-corrected chi connectivity index (χ4v) is 3.34. The molecule has 1 N–H and O–H groups in total. The van der Waals surface area contributed by atoms with E-state index in [1.165, 1.54) is 6.20 Å². The van der Waals surface area contributed by atoms with Gasteiger partial charge in [0, 0.05) is 31.5 Å². The highest BCUT2D eigenvalue weighted by atomic mass is 19.4. The molecule has 2 rings (SSSR count). The summed E-state index contributed by atoms with van der Waals surface area (Å²) < 4.78 is 40.2. The number of carbonyl (C=O) groups is 1. The van der Waals surface area contributed by atoms with E-state index in [1.807, 2.05) is 0 Å². The molecule has 1 aromatic rings. The topological polar surface area (TPSA) is 58.4 Å². The van der Waals surface area contributed by atoms with Gasteiger partial charge >= 0.3 is 6.18 Å². The van der Waals surface area contributed by atoms with Gasteiger partial charge in [0.15, 0.2) is 5.69 Å². The van der Waals surface area contributed by atoms with Crippen LogP contribution in [0.2, 0.25) is 0 Å². The van der Waals surface area contributed by atoms with Crippen LogP contribution in [-0.2, 0) is 23.9 Å². The summed E-state index contributed by atoms with van der Waals surface area (Å²) in [5.74, 6) is 0.570. The zero-order valence-corrected chi connectivity index (χ0v) is 14.0. The monoisotopic (exact) mass is 347 g/mol. The lowest BCUT2D eigenvalue weighted by Gasteiger charge is -2.35. The van der Waals surface area contributed by atoms with Gasteiger partial charge in [0.2, 0.25) is 5.91 Å². The zero-order valence-electron chi connectivity index (χ0n) is 14.0. The van der Waals surface area contributed by atoms with Gasteiger partial charge in [-0.15, -0.1) is 0 Å². The molecule has 1 aromatic heterocycles. The first kappa shape index (κ1) is 18.8. The molecule has 1 amide bonds. The molecule has 0 aliphatic carbocycles. The number of likely N-dealkylation sites (tertiary alicyclic amines) is 1. The summed E-state index contributed by atoms with van der Waals surface area (Å²) in [6.45, 7) is 5.02. The molecule has 5 nitrogen and oxygen atoms in total. The fraction of sp³-hybridized carbons (Fsp3) is 0.750. The maximum Gasteiger partial charge on any atom is 0.435 e. The Bertz CT molecular complexity index is 561. The molecule has 1 aliphatic rings. The molecule has 136 valence electrons. The Morgan fingerprint density at radius 3 is 2.50 bits per heavy atom. The third-order valence-electron chi connectivity index (χ3n) is 4.23. The Labute approximate surface area is 139 Å². The second kappa shape index (κ2) is 7.55. The van der Waals surface area contributed by atoms with Crippen molar-refractivity contribution in [2.45, 2.75) is 45.8 Å². The highest BCUT2D eigenvalue weighted by Crippen LogP contribution is 2.31. The van der Waals surface area contributed by atoms with Gasteiger partial charge in [-0.3, -0.25) is 9.48 Å². The SMILES string of the molecule is CC1CC(C)CN(C(=O)Cn2cc(CCCO)c(C(F)(F)F)n2)C1. The third-order valence-corrected chi connectivity index (χ3v) is 4.23. The van der Waals surface area contributed by atoms with Gasteiger partial charge in [0.25, 0.3) is 0 Å². The lowest BCUT2D eigenvalue weighted by atomic mass is 9.92. The Morgan fingerprint density at radius 2 is 1.96 bits per heavy atom. The molecular weight excluding hydrogens is 323 g/mol. The molecule has 0 spiro atoms. The quantitative estimate of drug-likeness (QED) is 0.889. The molecule has 0 bridgehead atoms. The molecule has 1 aliphatic heterocycles. The first-order valence-corrected chi connectivity index (χ1v) is 8.22. The van der Waals surface area contributed by atoms with E-state index >= 15 is 0 Å². The van der Waals surface area contributed by atoms with Crippen LogP contribution in [0.4, 0.5) is 13.2 Å². The maximum atomic E-state index is 13.0. The van der Waals surface area contributed by atoms with E-state index in [4.69, 9.17) is 5.11 Å². The van der Waals surface area contributed by atoms with Crippen LogP contribution >= 0.6 is 0 Å². The number of rotatable bonds is 5. The molecule has 2 unspecified atom stereocenters. The van der Waals surface area contributed by atoms with Crippen LogP contribution in [0, 0.1) is 11.8 Å². The van der Waals surface area contributed by atoms with Crippen LogP contribution in [0.15, 0.2) is 6.20 Å². The summed E-state index contributed by atoms with van der Waals surface area (Å²) in [4.78, 5) is 14.1. The number of aliphatic hydroxyl groups is 1. The number of alkyl halides is 3. The van der Waals surface area contributed by atoms with Crippen molar-refractivity contribution in [3.63, 3.8) is 0 Å². The average Bonchev–Trinajstić information content (AvgIpc) is 2.87. The van der Waals surface area contributed by atoms with Crippen LogP contribution in [0.3, 0.4) is 0 Å². The van der Waals surface area contributed by atoms with E-state index < -0.39 is 11.9 Å². The predicted octanol–water partition coefficient (Wildman–Crippen LogP) is 2.33. The van der Waals surface area contributed by atoms with Gasteiger partial charge in [0.1, 0.15) is 6.54 Å². The van der Waals surface area contributed by atoms with Crippen molar-refractivity contribution >= 4 is 5.91 Å². The first-order chi connectivity index (χ1) is 11.2. The number of hydrogen-bond acceptors (Lipinski definition) is 3. The lowest BCUT2D eigenvalue weighted by Crippen LogP contribution is -2.44. The van der Waals surface area contributed by atoms with Crippen LogP contribution < -0.4 is 0 Å². The van der Waals surface area contributed by atoms with Gasteiger partial charge in [-0.25, -0.2) is 0 Å². The molecule has 2 atom stereocenters. The minimum Gasteiger partial charge on any atom is -0.396 e. The standard InChI is InChI=1S/C16H24F3N3O2/c1-11-6-12(2)8-21(7-11)14(24)10-22-9-13(4-3-5-23)15(20-22)16(17,18)19/h9,11-12,23H,3-8,10H2,1-2H3. The average molecular weight is 347 g/mol. The van der Waals surface area contributed by atoms with E-state index in [1.54, 1.807) is 4.90 Å². The van der Waals surface area contributed by atoms with Gasteiger partial charge in [-0.1, -0.05) is 13.8 Å². The van der Waals surface area contributed by atoms with Crippen molar-refractivity contribution in [3.8, 4) is 0 Å². The number of amides is 1. The van der Waals surface area contributed by atoms with Crippen molar-refractivity contribution in [1.82, 2.24) is 14.7 Å².